The summed E-state index contributed by atoms with van der Waals surface area (Å²) in [6.07, 6.45) is 2.42. The van der Waals surface area contributed by atoms with Crippen molar-refractivity contribution in [2.75, 3.05) is 18.6 Å². The van der Waals surface area contributed by atoms with Gasteiger partial charge in [-0.05, 0) is 29.7 Å². The Morgan fingerprint density at radius 2 is 1.95 bits per heavy atom. The van der Waals surface area contributed by atoms with E-state index in [9.17, 15) is 27.9 Å². The lowest BCUT2D eigenvalue weighted by Crippen LogP contribution is -2.43. The third kappa shape index (κ3) is 9.13. The second-order valence-electron chi connectivity index (χ2n) is 8.73. The molecular weight excluding hydrogens is 590 g/mol. The summed E-state index contributed by atoms with van der Waals surface area (Å²) in [4.78, 5) is 37.9. The van der Waals surface area contributed by atoms with E-state index in [0.717, 1.165) is 10.4 Å². The first-order valence-electron chi connectivity index (χ1n) is 11.6. The van der Waals surface area contributed by atoms with Gasteiger partial charge in [-0.2, -0.15) is 0 Å². The van der Waals surface area contributed by atoms with E-state index in [4.69, 9.17) is 16.3 Å². The van der Waals surface area contributed by atoms with Gasteiger partial charge in [0.1, 0.15) is 0 Å². The Labute approximate surface area is 239 Å². The number of thiophene rings is 1. The van der Waals surface area contributed by atoms with Gasteiger partial charge in [0.2, 0.25) is 0 Å². The van der Waals surface area contributed by atoms with Crippen LogP contribution >= 0.6 is 46.5 Å². The predicted octanol–water partition coefficient (Wildman–Crippen LogP) is 4.63. The normalized spacial score (nSPS) is 18.1. The zero-order valence-electron chi connectivity index (χ0n) is 20.7. The van der Waals surface area contributed by atoms with Gasteiger partial charge in [-0.15, -0.1) is 34.9 Å². The molecule has 8 nitrogen and oxygen atoms in total. The van der Waals surface area contributed by atoms with Crippen molar-refractivity contribution in [2.45, 2.75) is 37.0 Å². The molecule has 2 aromatic rings. The van der Waals surface area contributed by atoms with Crippen LogP contribution in [0.4, 0.5) is 0 Å². The standard InChI is InChI=1S/C25H28ClNO7S4/c1-15-9-24(38(2,32)33)37-22(15)12-34-11-17-7-8-21(36-17)25(31)27-19(10-23(29)30)20(28)14-35-13-16-5-3-4-6-18(16)26/h3-9,15,19,22H,10-14H2,1-2H3,(H,27,31)(H,29,30)/t15?,19-,22?/m0/s1. The van der Waals surface area contributed by atoms with Gasteiger partial charge in [-0.25, -0.2) is 8.42 Å². The number of carboxylic acids is 1. The molecule has 0 spiro atoms. The summed E-state index contributed by atoms with van der Waals surface area (Å²) >= 11 is 9.91. The third-order valence-corrected chi connectivity index (χ3v) is 11.3. The van der Waals surface area contributed by atoms with Crippen LogP contribution in [0, 0.1) is 5.92 Å². The van der Waals surface area contributed by atoms with E-state index in [1.165, 1.54) is 41.1 Å². The Morgan fingerprint density at radius 3 is 2.61 bits per heavy atom. The monoisotopic (exact) mass is 617 g/mol. The zero-order valence-corrected chi connectivity index (χ0v) is 24.7. The van der Waals surface area contributed by atoms with Crippen molar-refractivity contribution < 1.29 is 32.6 Å². The number of aliphatic carboxylic acids is 1. The highest BCUT2D eigenvalue weighted by Crippen LogP contribution is 2.39. The van der Waals surface area contributed by atoms with E-state index in [-0.39, 0.29) is 29.3 Å². The number of rotatable bonds is 14. The average Bonchev–Trinajstić information content (AvgIpc) is 3.46. The van der Waals surface area contributed by atoms with Crippen molar-refractivity contribution in [1.29, 1.82) is 0 Å². The van der Waals surface area contributed by atoms with Gasteiger partial charge >= 0.3 is 5.97 Å². The topological polar surface area (TPSA) is 127 Å². The van der Waals surface area contributed by atoms with E-state index in [2.05, 4.69) is 5.32 Å². The minimum atomic E-state index is -3.24. The molecule has 0 fully saturated rings. The van der Waals surface area contributed by atoms with Crippen molar-refractivity contribution in [1.82, 2.24) is 5.32 Å². The van der Waals surface area contributed by atoms with Gasteiger partial charge in [0, 0.05) is 27.2 Å². The summed E-state index contributed by atoms with van der Waals surface area (Å²) in [7, 11) is -3.24. The molecule has 1 aromatic heterocycles. The average molecular weight is 618 g/mol. The Balaban J connectivity index is 1.49. The first-order chi connectivity index (χ1) is 17.9. The van der Waals surface area contributed by atoms with Crippen LogP contribution in [-0.4, -0.2) is 61.1 Å². The second-order valence-corrected chi connectivity index (χ2v) is 14.8. The van der Waals surface area contributed by atoms with Crippen LogP contribution in [0.3, 0.4) is 0 Å². The number of sulfone groups is 1. The Kier molecular flexibility index (Phi) is 11.3. The fourth-order valence-electron chi connectivity index (χ4n) is 3.49. The molecule has 206 valence electrons. The van der Waals surface area contributed by atoms with Crippen LogP contribution in [0.15, 0.2) is 46.7 Å². The molecule has 1 aromatic carbocycles. The van der Waals surface area contributed by atoms with Gasteiger partial charge in [-0.1, -0.05) is 42.8 Å². The van der Waals surface area contributed by atoms with Crippen LogP contribution in [0.25, 0.3) is 0 Å². The molecule has 13 heteroatoms. The Bertz CT molecular complexity index is 1310. The number of hydrogen-bond acceptors (Lipinski definition) is 9. The van der Waals surface area contributed by atoms with E-state index < -0.39 is 34.2 Å². The molecule has 3 rings (SSSR count). The van der Waals surface area contributed by atoms with Gasteiger partial charge in [0.25, 0.3) is 5.91 Å². The highest BCUT2D eigenvalue weighted by Gasteiger charge is 2.30. The maximum absolute atomic E-state index is 12.8. The summed E-state index contributed by atoms with van der Waals surface area (Å²) in [5.41, 5.74) is 0.868. The largest absolute Gasteiger partial charge is 0.481 e. The van der Waals surface area contributed by atoms with Crippen LogP contribution in [0.5, 0.6) is 0 Å². The number of Topliss-reactive ketones (excluding diaryl/α,β-unsaturated/α-hetero) is 1. The van der Waals surface area contributed by atoms with Gasteiger partial charge in [0.15, 0.2) is 15.6 Å². The van der Waals surface area contributed by atoms with Crippen molar-refractivity contribution in [2.24, 2.45) is 5.92 Å². The molecule has 1 aliphatic heterocycles. The number of halogens is 1. The Morgan fingerprint density at radius 1 is 1.21 bits per heavy atom. The molecule has 1 aliphatic rings. The first-order valence-corrected chi connectivity index (χ1v) is 16.7. The number of nitrogens with one attached hydrogen (secondary N) is 1. The molecule has 2 unspecified atom stereocenters. The highest BCUT2D eigenvalue weighted by molar-refractivity contribution is 8.19. The molecule has 38 heavy (non-hydrogen) atoms. The molecule has 3 atom stereocenters. The van der Waals surface area contributed by atoms with Crippen molar-refractivity contribution in [3.05, 3.63) is 67.1 Å². The fourth-order valence-corrected chi connectivity index (χ4v) is 8.18. The minimum Gasteiger partial charge on any atom is -0.481 e. The summed E-state index contributed by atoms with van der Waals surface area (Å²) in [6, 6.07) is 9.45. The summed E-state index contributed by atoms with van der Waals surface area (Å²) < 4.78 is 29.7. The Hall–Kier alpha value is -1.83. The number of carbonyl (C=O) groups is 3. The number of amides is 1. The minimum absolute atomic E-state index is 0.0129. The number of hydrogen-bond donors (Lipinski definition) is 2. The van der Waals surface area contributed by atoms with E-state index in [1.807, 2.05) is 25.1 Å². The second kappa shape index (κ2) is 14.0. The van der Waals surface area contributed by atoms with Crippen LogP contribution < -0.4 is 5.32 Å². The van der Waals surface area contributed by atoms with E-state index in [1.54, 1.807) is 24.3 Å². The van der Waals surface area contributed by atoms with E-state index in [0.29, 0.717) is 26.5 Å². The molecule has 2 N–H and O–H groups in total. The van der Waals surface area contributed by atoms with Gasteiger partial charge < -0.3 is 15.2 Å². The number of ketones is 1. The molecule has 0 aliphatic carbocycles. The van der Waals surface area contributed by atoms with Crippen molar-refractivity contribution >= 4 is 74.0 Å². The maximum atomic E-state index is 12.8. The molecular formula is C25H28ClNO7S4. The lowest BCUT2D eigenvalue weighted by Gasteiger charge is -2.15. The summed E-state index contributed by atoms with van der Waals surface area (Å²) in [6.45, 7) is 2.53. The van der Waals surface area contributed by atoms with Crippen LogP contribution in [0.1, 0.15) is 33.5 Å². The van der Waals surface area contributed by atoms with Gasteiger partial charge in [0.05, 0.1) is 40.5 Å². The SMILES string of the molecule is CC1C=C(S(C)(=O)=O)SC1COCc1ccc(C(=O)N[C@@H](CC(=O)O)C(=O)CSCc2ccccc2Cl)s1. The van der Waals surface area contributed by atoms with Crippen LogP contribution in [-0.2, 0) is 36.5 Å². The predicted molar refractivity (Wildman–Crippen MR) is 154 cm³/mol. The third-order valence-electron chi connectivity index (χ3n) is 5.56. The lowest BCUT2D eigenvalue weighted by atomic mass is 10.1. The molecule has 0 saturated carbocycles. The van der Waals surface area contributed by atoms with E-state index >= 15 is 0 Å². The molecule has 1 amide bonds. The molecule has 0 bridgehead atoms. The quantitative estimate of drug-likeness (QED) is 0.312. The highest BCUT2D eigenvalue weighted by atomic mass is 35.5. The van der Waals surface area contributed by atoms with Crippen molar-refractivity contribution in [3.63, 3.8) is 0 Å². The summed E-state index contributed by atoms with van der Waals surface area (Å²) in [5.74, 6) is -1.53. The molecule has 0 radical (unpaired) electrons. The van der Waals surface area contributed by atoms with Gasteiger partial charge in [-0.3, -0.25) is 14.4 Å². The molecule has 2 heterocycles. The first kappa shape index (κ1) is 30.7. The van der Waals surface area contributed by atoms with Crippen molar-refractivity contribution in [3.8, 4) is 0 Å². The number of thioether (sulfide) groups is 2. The maximum Gasteiger partial charge on any atom is 0.305 e. The lowest BCUT2D eigenvalue weighted by molar-refractivity contribution is -0.139. The number of ether oxygens (including phenoxy) is 1. The van der Waals surface area contributed by atoms with Crippen LogP contribution in [0.2, 0.25) is 5.02 Å². The number of allylic oxidation sites excluding steroid dienone is 1. The number of carbonyl (C=O) groups excluding carboxylic acids is 2. The number of benzene rings is 1. The molecule has 0 saturated heterocycles. The summed E-state index contributed by atoms with van der Waals surface area (Å²) in [5, 5.41) is 12.4. The smallest absolute Gasteiger partial charge is 0.305 e. The zero-order chi connectivity index (χ0) is 27.9. The fraction of sp³-hybridized carbons (Fsp3) is 0.400. The number of carboxylic acid groups (broad SMARTS) is 1.